The Hall–Kier alpha value is -1.92. The van der Waals surface area contributed by atoms with E-state index in [4.69, 9.17) is 10.5 Å². The number of ketones is 1. The van der Waals surface area contributed by atoms with Crippen molar-refractivity contribution in [3.8, 4) is 5.75 Å². The molecule has 0 atom stereocenters. The number of nitrogens with two attached hydrogens (primary N) is 1. The summed E-state index contributed by atoms with van der Waals surface area (Å²) in [4.78, 5) is 23.2. The van der Waals surface area contributed by atoms with Gasteiger partial charge in [-0.25, -0.2) is 0 Å². The molecule has 0 fully saturated rings. The van der Waals surface area contributed by atoms with E-state index in [-0.39, 0.29) is 12.4 Å². The first-order valence-electron chi connectivity index (χ1n) is 6.64. The van der Waals surface area contributed by atoms with Gasteiger partial charge in [-0.15, -0.1) is 0 Å². The molecule has 0 aliphatic rings. The number of ether oxygens (including phenoxy) is 1. The molecule has 0 radical (unpaired) electrons. The normalized spacial score (nSPS) is 10.7. The zero-order valence-electron chi connectivity index (χ0n) is 12.0. The topological polar surface area (TPSA) is 69.4 Å². The highest BCUT2D eigenvalue weighted by Crippen LogP contribution is 2.22. The van der Waals surface area contributed by atoms with Crippen molar-refractivity contribution < 1.29 is 14.3 Å². The molecule has 0 saturated heterocycles. The first-order chi connectivity index (χ1) is 11.0. The number of benzene rings is 2. The van der Waals surface area contributed by atoms with Crippen LogP contribution in [-0.4, -0.2) is 18.3 Å². The summed E-state index contributed by atoms with van der Waals surface area (Å²) in [6, 6.07) is 12.4. The van der Waals surface area contributed by atoms with Gasteiger partial charge in [0.2, 0.25) is 0 Å². The molecular weight excluding hydrogens is 426 g/mol. The van der Waals surface area contributed by atoms with E-state index in [1.54, 1.807) is 30.3 Å². The molecule has 2 rings (SSSR count). The lowest BCUT2D eigenvalue weighted by molar-refractivity contribution is -0.119. The number of allylic oxidation sites excluding steroid dienone is 1. The highest BCUT2D eigenvalue weighted by Gasteiger charge is 2.10. The van der Waals surface area contributed by atoms with Crippen LogP contribution < -0.4 is 10.5 Å². The van der Waals surface area contributed by atoms with Gasteiger partial charge in [-0.05, 0) is 42.0 Å². The Morgan fingerprint density at radius 1 is 1.09 bits per heavy atom. The summed E-state index contributed by atoms with van der Waals surface area (Å²) in [5.74, 6) is -0.487. The Morgan fingerprint density at radius 3 is 2.39 bits per heavy atom. The molecule has 0 aliphatic carbocycles. The summed E-state index contributed by atoms with van der Waals surface area (Å²) in [6.45, 7) is -0.271. The van der Waals surface area contributed by atoms with Crippen LogP contribution in [0.2, 0.25) is 0 Å². The Balaban J connectivity index is 2.20. The molecule has 23 heavy (non-hydrogen) atoms. The SMILES string of the molecule is NC(=O)COc1ccccc1C(=O)/C=C/c1cc(Br)cc(Br)c1. The summed E-state index contributed by atoms with van der Waals surface area (Å²) in [5, 5.41) is 0. The number of halogens is 2. The third-order valence-electron chi connectivity index (χ3n) is 2.83. The fourth-order valence-corrected chi connectivity index (χ4v) is 3.21. The van der Waals surface area contributed by atoms with Crippen molar-refractivity contribution in [2.24, 2.45) is 5.73 Å². The summed E-state index contributed by atoms with van der Waals surface area (Å²) in [7, 11) is 0. The van der Waals surface area contributed by atoms with Crippen LogP contribution in [0.1, 0.15) is 15.9 Å². The quantitative estimate of drug-likeness (QED) is 0.547. The average Bonchev–Trinajstić information content (AvgIpc) is 2.50. The Morgan fingerprint density at radius 2 is 1.74 bits per heavy atom. The summed E-state index contributed by atoms with van der Waals surface area (Å²) < 4.78 is 7.08. The van der Waals surface area contributed by atoms with Gasteiger partial charge in [-0.1, -0.05) is 50.1 Å². The molecule has 118 valence electrons. The highest BCUT2D eigenvalue weighted by atomic mass is 79.9. The maximum atomic E-state index is 12.3. The van der Waals surface area contributed by atoms with Crippen molar-refractivity contribution in [2.75, 3.05) is 6.61 Å². The largest absolute Gasteiger partial charge is 0.483 e. The lowest BCUT2D eigenvalue weighted by atomic mass is 10.1. The molecule has 0 saturated carbocycles. The van der Waals surface area contributed by atoms with Crippen LogP contribution >= 0.6 is 31.9 Å². The first-order valence-corrected chi connectivity index (χ1v) is 8.23. The number of rotatable bonds is 6. The zero-order chi connectivity index (χ0) is 16.8. The number of hydrogen-bond donors (Lipinski definition) is 1. The number of carbonyl (C=O) groups excluding carboxylic acids is 2. The smallest absolute Gasteiger partial charge is 0.255 e. The Bertz CT molecular complexity index is 752. The number of para-hydroxylation sites is 1. The molecule has 0 bridgehead atoms. The second kappa shape index (κ2) is 8.08. The number of primary amides is 1. The van der Waals surface area contributed by atoms with Gasteiger partial charge in [0.1, 0.15) is 5.75 Å². The molecule has 0 unspecified atom stereocenters. The van der Waals surface area contributed by atoms with Gasteiger partial charge in [-0.3, -0.25) is 9.59 Å². The number of amides is 1. The van der Waals surface area contributed by atoms with Crippen molar-refractivity contribution >= 4 is 49.6 Å². The average molecular weight is 439 g/mol. The van der Waals surface area contributed by atoms with E-state index in [1.807, 2.05) is 18.2 Å². The first kappa shape index (κ1) is 17.4. The molecule has 0 aromatic heterocycles. The molecule has 6 heteroatoms. The van der Waals surface area contributed by atoms with E-state index in [2.05, 4.69) is 31.9 Å². The van der Waals surface area contributed by atoms with Crippen LogP contribution in [0.25, 0.3) is 6.08 Å². The fourth-order valence-electron chi connectivity index (χ4n) is 1.88. The molecule has 0 aliphatic heterocycles. The van der Waals surface area contributed by atoms with Gasteiger partial charge < -0.3 is 10.5 Å². The van der Waals surface area contributed by atoms with Crippen LogP contribution in [0.15, 0.2) is 57.5 Å². The van der Waals surface area contributed by atoms with E-state index >= 15 is 0 Å². The highest BCUT2D eigenvalue weighted by molar-refractivity contribution is 9.11. The molecule has 4 nitrogen and oxygen atoms in total. The van der Waals surface area contributed by atoms with Gasteiger partial charge in [0.25, 0.3) is 5.91 Å². The predicted molar refractivity (Wildman–Crippen MR) is 96.3 cm³/mol. The summed E-state index contributed by atoms with van der Waals surface area (Å²) >= 11 is 6.80. The Labute approximate surface area is 150 Å². The Kier molecular flexibility index (Phi) is 6.12. The lowest BCUT2D eigenvalue weighted by Gasteiger charge is -2.07. The molecule has 2 aromatic rings. The maximum Gasteiger partial charge on any atom is 0.255 e. The van der Waals surface area contributed by atoms with E-state index < -0.39 is 5.91 Å². The lowest BCUT2D eigenvalue weighted by Crippen LogP contribution is -2.20. The third-order valence-corrected chi connectivity index (χ3v) is 3.75. The molecule has 2 aromatic carbocycles. The van der Waals surface area contributed by atoms with Crippen molar-refractivity contribution in [3.05, 3.63) is 68.6 Å². The summed E-state index contributed by atoms with van der Waals surface area (Å²) in [5.41, 5.74) is 6.30. The van der Waals surface area contributed by atoms with Gasteiger partial charge in [0, 0.05) is 8.95 Å². The van der Waals surface area contributed by atoms with Gasteiger partial charge >= 0.3 is 0 Å². The van der Waals surface area contributed by atoms with Crippen LogP contribution in [-0.2, 0) is 4.79 Å². The zero-order valence-corrected chi connectivity index (χ0v) is 15.1. The molecule has 2 N–H and O–H groups in total. The minimum absolute atomic E-state index is 0.221. The predicted octanol–water partition coefficient (Wildman–Crippen LogP) is 3.97. The van der Waals surface area contributed by atoms with E-state index in [1.165, 1.54) is 6.08 Å². The van der Waals surface area contributed by atoms with Gasteiger partial charge in [0.05, 0.1) is 5.56 Å². The monoisotopic (exact) mass is 437 g/mol. The van der Waals surface area contributed by atoms with Crippen molar-refractivity contribution in [3.63, 3.8) is 0 Å². The van der Waals surface area contributed by atoms with Crippen molar-refractivity contribution in [1.29, 1.82) is 0 Å². The van der Waals surface area contributed by atoms with Gasteiger partial charge in [0.15, 0.2) is 12.4 Å². The second-order valence-corrected chi connectivity index (χ2v) is 6.48. The van der Waals surface area contributed by atoms with E-state index in [0.717, 1.165) is 14.5 Å². The molecular formula is C17H13Br2NO3. The molecule has 1 amide bonds. The fraction of sp³-hybridized carbons (Fsp3) is 0.0588. The van der Waals surface area contributed by atoms with Crippen molar-refractivity contribution in [1.82, 2.24) is 0 Å². The standard InChI is InChI=1S/C17H13Br2NO3/c18-12-7-11(8-13(19)9-12)5-6-15(21)14-3-1-2-4-16(14)23-10-17(20)22/h1-9H,10H2,(H2,20,22)/b6-5+. The van der Waals surface area contributed by atoms with Crippen LogP contribution in [0.5, 0.6) is 5.75 Å². The summed E-state index contributed by atoms with van der Waals surface area (Å²) in [6.07, 6.45) is 3.17. The van der Waals surface area contributed by atoms with Crippen molar-refractivity contribution in [2.45, 2.75) is 0 Å². The van der Waals surface area contributed by atoms with Crippen LogP contribution in [0, 0.1) is 0 Å². The number of carbonyl (C=O) groups is 2. The minimum Gasteiger partial charge on any atom is -0.483 e. The van der Waals surface area contributed by atoms with Gasteiger partial charge in [-0.2, -0.15) is 0 Å². The van der Waals surface area contributed by atoms with E-state index in [9.17, 15) is 9.59 Å². The van der Waals surface area contributed by atoms with Crippen LogP contribution in [0.3, 0.4) is 0 Å². The molecule has 0 spiro atoms. The molecule has 0 heterocycles. The minimum atomic E-state index is -0.596. The number of hydrogen-bond acceptors (Lipinski definition) is 3. The second-order valence-electron chi connectivity index (χ2n) is 4.65. The van der Waals surface area contributed by atoms with E-state index in [0.29, 0.717) is 11.3 Å². The van der Waals surface area contributed by atoms with Crippen LogP contribution in [0.4, 0.5) is 0 Å². The maximum absolute atomic E-state index is 12.3. The third kappa shape index (κ3) is 5.33.